The summed E-state index contributed by atoms with van der Waals surface area (Å²) in [5.41, 5.74) is 13.6. The molecule has 5 rings (SSSR count). The number of fused-ring (bicyclic) bond motifs is 2. The minimum Gasteiger partial charge on any atom is -0.387 e. The molecule has 4 atom stereocenters. The Morgan fingerprint density at radius 3 is 2.33 bits per heavy atom. The summed E-state index contributed by atoms with van der Waals surface area (Å²) in [6.07, 6.45) is 2.14. The molecule has 1 aliphatic heterocycles. The molecule has 0 saturated carbocycles. The molecule has 5 heterocycles. The summed E-state index contributed by atoms with van der Waals surface area (Å²) in [7, 11) is 0. The zero-order valence-electron chi connectivity index (χ0n) is 15.5. The Hall–Kier alpha value is -3.07. The van der Waals surface area contributed by atoms with E-state index in [1.54, 1.807) is 10.9 Å². The van der Waals surface area contributed by atoms with Crippen molar-refractivity contribution >= 4 is 45.7 Å². The number of nitrogens with two attached hydrogens (primary N) is 2. The monoisotopic (exact) mass is 430 g/mol. The van der Waals surface area contributed by atoms with Gasteiger partial charge in [-0.3, -0.25) is 4.57 Å². The van der Waals surface area contributed by atoms with Crippen LogP contribution >= 0.6 is 11.8 Å². The van der Waals surface area contributed by atoms with Crippen molar-refractivity contribution in [3.05, 3.63) is 25.3 Å². The SMILES string of the molecule is Nc1ncnc2c1ncn2CSCC1OC(n2cnc3c(N)ncnc32)C(O)C1O. The van der Waals surface area contributed by atoms with Crippen LogP contribution in [0.3, 0.4) is 0 Å². The zero-order chi connectivity index (χ0) is 20.8. The van der Waals surface area contributed by atoms with Gasteiger partial charge in [0.15, 0.2) is 29.2 Å². The lowest BCUT2D eigenvalue weighted by molar-refractivity contribution is -0.0289. The molecule has 0 bridgehead atoms. The van der Waals surface area contributed by atoms with Gasteiger partial charge in [0.1, 0.15) is 35.9 Å². The second-order valence-electron chi connectivity index (χ2n) is 6.77. The summed E-state index contributed by atoms with van der Waals surface area (Å²) in [5.74, 6) is 1.49. The molecule has 0 amide bonds. The van der Waals surface area contributed by atoms with E-state index in [-0.39, 0.29) is 5.82 Å². The van der Waals surface area contributed by atoms with Crippen LogP contribution in [0.25, 0.3) is 22.3 Å². The highest BCUT2D eigenvalue weighted by atomic mass is 32.2. The van der Waals surface area contributed by atoms with Crippen molar-refractivity contribution in [2.24, 2.45) is 0 Å². The molecule has 13 nitrogen and oxygen atoms in total. The number of nitrogen functional groups attached to an aromatic ring is 2. The lowest BCUT2D eigenvalue weighted by atomic mass is 10.1. The molecule has 30 heavy (non-hydrogen) atoms. The second-order valence-corrected chi connectivity index (χ2v) is 7.77. The molecule has 6 N–H and O–H groups in total. The van der Waals surface area contributed by atoms with Gasteiger partial charge >= 0.3 is 0 Å². The van der Waals surface area contributed by atoms with E-state index in [1.165, 1.54) is 30.7 Å². The second kappa shape index (κ2) is 7.32. The van der Waals surface area contributed by atoms with E-state index in [0.29, 0.717) is 39.8 Å². The number of imidazole rings is 2. The van der Waals surface area contributed by atoms with Crippen molar-refractivity contribution in [1.29, 1.82) is 0 Å². The number of anilines is 2. The van der Waals surface area contributed by atoms with Crippen LogP contribution in [-0.2, 0) is 10.6 Å². The molecule has 14 heteroatoms. The Morgan fingerprint density at radius 1 is 0.900 bits per heavy atom. The predicted molar refractivity (Wildman–Crippen MR) is 108 cm³/mol. The Labute approximate surface area is 173 Å². The standard InChI is InChI=1S/C16H18N10O3S/c17-12-8-14(21-2-19-12)25(4-23-8)6-30-1-7-10(27)11(28)16(29-7)26-5-24-9-13(18)20-3-22-15(9)26/h2-5,7,10-11,16,27-28H,1,6H2,(H2,17,19,21)(H2,18,20,22). The summed E-state index contributed by atoms with van der Waals surface area (Å²) in [4.78, 5) is 24.6. The van der Waals surface area contributed by atoms with E-state index in [0.717, 1.165) is 0 Å². The van der Waals surface area contributed by atoms with E-state index in [2.05, 4.69) is 29.9 Å². The maximum atomic E-state index is 10.5. The molecule has 0 aliphatic carbocycles. The van der Waals surface area contributed by atoms with Crippen molar-refractivity contribution in [2.75, 3.05) is 17.2 Å². The minimum absolute atomic E-state index is 0.232. The van der Waals surface area contributed by atoms with Gasteiger partial charge in [0, 0.05) is 5.75 Å². The number of aromatic nitrogens is 8. The predicted octanol–water partition coefficient (Wildman–Crippen LogP) is -0.860. The average Bonchev–Trinajstić information content (AvgIpc) is 3.42. The molecule has 1 saturated heterocycles. The third kappa shape index (κ3) is 3.00. The van der Waals surface area contributed by atoms with Gasteiger partial charge in [0.25, 0.3) is 0 Å². The van der Waals surface area contributed by atoms with Crippen LogP contribution in [0.4, 0.5) is 11.6 Å². The van der Waals surface area contributed by atoms with E-state index >= 15 is 0 Å². The van der Waals surface area contributed by atoms with Gasteiger partial charge in [-0.15, -0.1) is 11.8 Å². The molecule has 156 valence electrons. The Bertz CT molecular complexity index is 1210. The molecule has 1 aliphatic rings. The van der Waals surface area contributed by atoms with E-state index < -0.39 is 24.5 Å². The molecule has 0 spiro atoms. The van der Waals surface area contributed by atoms with Gasteiger partial charge in [-0.1, -0.05) is 0 Å². The molecule has 4 aromatic rings. The number of aliphatic hydroxyl groups excluding tert-OH is 2. The first-order valence-electron chi connectivity index (χ1n) is 8.98. The molecule has 4 aromatic heterocycles. The van der Waals surface area contributed by atoms with Gasteiger partial charge in [0.05, 0.1) is 24.6 Å². The van der Waals surface area contributed by atoms with E-state index in [9.17, 15) is 10.2 Å². The Balaban J connectivity index is 1.29. The number of hydrogen-bond acceptors (Lipinski definition) is 12. The fourth-order valence-electron chi connectivity index (χ4n) is 3.41. The van der Waals surface area contributed by atoms with Crippen LogP contribution in [0.15, 0.2) is 25.3 Å². The first kappa shape index (κ1) is 18.9. The summed E-state index contributed by atoms with van der Waals surface area (Å²) in [5, 5.41) is 21.0. The van der Waals surface area contributed by atoms with Crippen LogP contribution in [0.5, 0.6) is 0 Å². The van der Waals surface area contributed by atoms with Crippen molar-refractivity contribution in [1.82, 2.24) is 39.0 Å². The summed E-state index contributed by atoms with van der Waals surface area (Å²) >= 11 is 1.50. The number of ether oxygens (including phenoxy) is 1. The Kier molecular flexibility index (Phi) is 4.62. The molecule has 0 radical (unpaired) electrons. The summed E-state index contributed by atoms with van der Waals surface area (Å²) in [6.45, 7) is 0. The fourth-order valence-corrected chi connectivity index (χ4v) is 4.41. The van der Waals surface area contributed by atoms with Gasteiger partial charge in [-0.2, -0.15) is 0 Å². The normalized spacial score (nSPS) is 24.2. The Morgan fingerprint density at radius 2 is 1.57 bits per heavy atom. The number of rotatable bonds is 5. The van der Waals surface area contributed by atoms with Crippen molar-refractivity contribution < 1.29 is 14.9 Å². The first-order valence-corrected chi connectivity index (χ1v) is 10.1. The maximum Gasteiger partial charge on any atom is 0.167 e. The highest BCUT2D eigenvalue weighted by Gasteiger charge is 2.44. The highest BCUT2D eigenvalue weighted by Crippen LogP contribution is 2.33. The maximum absolute atomic E-state index is 10.5. The fraction of sp³-hybridized carbons (Fsp3) is 0.375. The van der Waals surface area contributed by atoms with Crippen LogP contribution in [-0.4, -0.2) is 73.3 Å². The third-order valence-corrected chi connectivity index (χ3v) is 5.97. The van der Waals surface area contributed by atoms with Gasteiger partial charge in [-0.05, 0) is 0 Å². The van der Waals surface area contributed by atoms with Crippen molar-refractivity contribution in [3.8, 4) is 0 Å². The molecule has 4 unspecified atom stereocenters. The lowest BCUT2D eigenvalue weighted by Gasteiger charge is -2.16. The third-order valence-electron chi connectivity index (χ3n) is 4.94. The number of thioether (sulfide) groups is 1. The van der Waals surface area contributed by atoms with Gasteiger partial charge < -0.3 is 31.0 Å². The quantitative estimate of drug-likeness (QED) is 0.307. The van der Waals surface area contributed by atoms with Crippen molar-refractivity contribution in [2.45, 2.75) is 30.4 Å². The van der Waals surface area contributed by atoms with Crippen LogP contribution < -0.4 is 11.5 Å². The summed E-state index contributed by atoms with van der Waals surface area (Å²) in [6, 6.07) is 0. The average molecular weight is 430 g/mol. The van der Waals surface area contributed by atoms with Crippen LogP contribution in [0.1, 0.15) is 6.23 Å². The molecular weight excluding hydrogens is 412 g/mol. The van der Waals surface area contributed by atoms with Gasteiger partial charge in [-0.25, -0.2) is 29.9 Å². The smallest absolute Gasteiger partial charge is 0.167 e. The largest absolute Gasteiger partial charge is 0.387 e. The molecule has 1 fully saturated rings. The first-order chi connectivity index (χ1) is 14.5. The van der Waals surface area contributed by atoms with E-state index in [4.69, 9.17) is 16.2 Å². The zero-order valence-corrected chi connectivity index (χ0v) is 16.3. The number of hydrogen-bond donors (Lipinski definition) is 4. The van der Waals surface area contributed by atoms with Crippen LogP contribution in [0, 0.1) is 0 Å². The lowest BCUT2D eigenvalue weighted by Crippen LogP contribution is -2.32. The topological polar surface area (TPSA) is 189 Å². The highest BCUT2D eigenvalue weighted by molar-refractivity contribution is 7.98. The number of aliphatic hydroxyl groups is 2. The molecule has 0 aromatic carbocycles. The van der Waals surface area contributed by atoms with E-state index in [1.807, 2.05) is 4.57 Å². The minimum atomic E-state index is -1.15. The van der Waals surface area contributed by atoms with Crippen molar-refractivity contribution in [3.63, 3.8) is 0 Å². The number of nitrogens with zero attached hydrogens (tertiary/aromatic N) is 8. The van der Waals surface area contributed by atoms with Gasteiger partial charge in [0.2, 0.25) is 0 Å². The van der Waals surface area contributed by atoms with Crippen LogP contribution in [0.2, 0.25) is 0 Å². The molecular formula is C16H18N10O3S. The summed E-state index contributed by atoms with van der Waals surface area (Å²) < 4.78 is 9.32.